The van der Waals surface area contributed by atoms with Crippen LogP contribution in [-0.4, -0.2) is 23.1 Å². The Kier molecular flexibility index (Phi) is 2.69. The quantitative estimate of drug-likeness (QED) is 0.781. The summed E-state index contributed by atoms with van der Waals surface area (Å²) in [5, 5.41) is 2.68. The molecule has 84 valence electrons. The second-order valence-electron chi connectivity index (χ2n) is 4.01. The number of hydrogen-bond acceptors (Lipinski definition) is 4. The van der Waals surface area contributed by atoms with Crippen molar-refractivity contribution in [3.8, 4) is 0 Å². The van der Waals surface area contributed by atoms with E-state index in [4.69, 9.17) is 11.6 Å². The fourth-order valence-corrected chi connectivity index (χ4v) is 3.37. The zero-order valence-corrected chi connectivity index (χ0v) is 10.4. The fraction of sp³-hybridized carbons (Fsp3) is 0.455. The van der Waals surface area contributed by atoms with E-state index in [9.17, 15) is 0 Å². The lowest BCUT2D eigenvalue weighted by Gasteiger charge is -2.27. The third-order valence-electron chi connectivity index (χ3n) is 2.95. The predicted molar refractivity (Wildman–Crippen MR) is 68.5 cm³/mol. The zero-order chi connectivity index (χ0) is 11.0. The van der Waals surface area contributed by atoms with E-state index < -0.39 is 0 Å². The van der Waals surface area contributed by atoms with E-state index in [1.807, 2.05) is 5.38 Å². The maximum absolute atomic E-state index is 6.09. The Morgan fingerprint density at radius 2 is 2.00 bits per heavy atom. The Balaban J connectivity index is 2.08. The van der Waals surface area contributed by atoms with E-state index in [-0.39, 0.29) is 0 Å². The van der Waals surface area contributed by atoms with Crippen LogP contribution in [0.15, 0.2) is 11.7 Å². The molecule has 0 N–H and O–H groups in total. The van der Waals surface area contributed by atoms with Crippen LogP contribution in [0.5, 0.6) is 0 Å². The van der Waals surface area contributed by atoms with E-state index in [1.165, 1.54) is 19.3 Å². The van der Waals surface area contributed by atoms with Gasteiger partial charge in [0.25, 0.3) is 0 Å². The van der Waals surface area contributed by atoms with E-state index >= 15 is 0 Å². The van der Waals surface area contributed by atoms with Gasteiger partial charge in [-0.3, -0.25) is 0 Å². The van der Waals surface area contributed by atoms with Gasteiger partial charge in [-0.1, -0.05) is 11.6 Å². The van der Waals surface area contributed by atoms with Crippen molar-refractivity contribution in [1.29, 1.82) is 0 Å². The van der Waals surface area contributed by atoms with Crippen molar-refractivity contribution in [2.24, 2.45) is 0 Å². The Bertz CT molecular complexity index is 505. The molecule has 3 rings (SSSR count). The Hall–Kier alpha value is -0.870. The molecule has 0 aliphatic carbocycles. The van der Waals surface area contributed by atoms with Crippen molar-refractivity contribution >= 4 is 39.0 Å². The van der Waals surface area contributed by atoms with Gasteiger partial charge in [-0.25, -0.2) is 9.97 Å². The van der Waals surface area contributed by atoms with E-state index in [0.29, 0.717) is 0 Å². The highest BCUT2D eigenvalue weighted by atomic mass is 35.5. The first kappa shape index (κ1) is 10.3. The summed E-state index contributed by atoms with van der Waals surface area (Å²) in [6.07, 6.45) is 5.45. The molecule has 1 aliphatic heterocycles. The predicted octanol–water partition coefficient (Wildman–Crippen LogP) is 3.34. The van der Waals surface area contributed by atoms with Crippen LogP contribution < -0.4 is 4.90 Å². The third-order valence-corrected chi connectivity index (χ3v) is 4.33. The van der Waals surface area contributed by atoms with Gasteiger partial charge in [0.2, 0.25) is 0 Å². The first-order valence-corrected chi connectivity index (χ1v) is 6.74. The SMILES string of the molecule is Clc1csc2c(N3CCCCC3)ncnc12. The number of hydrogen-bond donors (Lipinski definition) is 0. The van der Waals surface area contributed by atoms with Crippen molar-refractivity contribution in [1.82, 2.24) is 9.97 Å². The van der Waals surface area contributed by atoms with Crippen LogP contribution in [0.25, 0.3) is 10.2 Å². The Labute approximate surface area is 103 Å². The molecule has 0 unspecified atom stereocenters. The van der Waals surface area contributed by atoms with Gasteiger partial charge in [-0.2, -0.15) is 0 Å². The van der Waals surface area contributed by atoms with Crippen LogP contribution in [0, 0.1) is 0 Å². The maximum Gasteiger partial charge on any atom is 0.150 e. The summed E-state index contributed by atoms with van der Waals surface area (Å²) in [6.45, 7) is 2.20. The standard InChI is InChI=1S/C11H12ClN3S/c12-8-6-16-10-9(8)13-7-14-11(10)15-4-2-1-3-5-15/h6-7H,1-5H2. The summed E-state index contributed by atoms with van der Waals surface area (Å²) < 4.78 is 1.12. The molecule has 16 heavy (non-hydrogen) atoms. The van der Waals surface area contributed by atoms with Crippen LogP contribution in [0.4, 0.5) is 5.82 Å². The third kappa shape index (κ3) is 1.66. The average Bonchev–Trinajstić information content (AvgIpc) is 2.73. The van der Waals surface area contributed by atoms with Crippen LogP contribution in [0.3, 0.4) is 0 Å². The van der Waals surface area contributed by atoms with Gasteiger partial charge >= 0.3 is 0 Å². The maximum atomic E-state index is 6.09. The van der Waals surface area contributed by atoms with Crippen LogP contribution in [0.1, 0.15) is 19.3 Å². The number of thiophene rings is 1. The van der Waals surface area contributed by atoms with Gasteiger partial charge in [0, 0.05) is 18.5 Å². The second-order valence-corrected chi connectivity index (χ2v) is 5.29. The lowest BCUT2D eigenvalue weighted by Crippen LogP contribution is -2.30. The first-order chi connectivity index (χ1) is 7.86. The smallest absolute Gasteiger partial charge is 0.150 e. The lowest BCUT2D eigenvalue weighted by molar-refractivity contribution is 0.575. The molecule has 0 spiro atoms. The van der Waals surface area contributed by atoms with Crippen LogP contribution in [-0.2, 0) is 0 Å². The second kappa shape index (κ2) is 4.18. The average molecular weight is 254 g/mol. The minimum Gasteiger partial charge on any atom is -0.355 e. The number of rotatable bonds is 1. The van der Waals surface area contributed by atoms with Crippen molar-refractivity contribution in [2.75, 3.05) is 18.0 Å². The first-order valence-electron chi connectivity index (χ1n) is 5.49. The van der Waals surface area contributed by atoms with E-state index in [1.54, 1.807) is 17.7 Å². The number of anilines is 1. The Morgan fingerprint density at radius 3 is 2.81 bits per heavy atom. The molecule has 2 aromatic heterocycles. The van der Waals surface area contributed by atoms with Gasteiger partial charge in [0.05, 0.1) is 9.72 Å². The summed E-state index contributed by atoms with van der Waals surface area (Å²) in [7, 11) is 0. The van der Waals surface area contributed by atoms with Gasteiger partial charge in [0.1, 0.15) is 17.7 Å². The van der Waals surface area contributed by atoms with E-state index in [2.05, 4.69) is 14.9 Å². The highest BCUT2D eigenvalue weighted by Gasteiger charge is 2.17. The van der Waals surface area contributed by atoms with Gasteiger partial charge in [-0.05, 0) is 19.3 Å². The summed E-state index contributed by atoms with van der Waals surface area (Å²) >= 11 is 7.72. The minimum atomic E-state index is 0.737. The summed E-state index contributed by atoms with van der Waals surface area (Å²) in [6, 6.07) is 0. The van der Waals surface area contributed by atoms with Crippen molar-refractivity contribution in [2.45, 2.75) is 19.3 Å². The molecule has 2 aromatic rings. The van der Waals surface area contributed by atoms with Crippen molar-refractivity contribution < 1.29 is 0 Å². The molecular weight excluding hydrogens is 242 g/mol. The molecule has 0 saturated carbocycles. The highest BCUT2D eigenvalue weighted by molar-refractivity contribution is 7.18. The van der Waals surface area contributed by atoms with E-state index in [0.717, 1.165) is 34.1 Å². The van der Waals surface area contributed by atoms with Crippen LogP contribution >= 0.6 is 22.9 Å². The number of fused-ring (bicyclic) bond motifs is 1. The molecule has 0 bridgehead atoms. The molecule has 5 heteroatoms. The largest absolute Gasteiger partial charge is 0.355 e. The summed E-state index contributed by atoms with van der Waals surface area (Å²) in [5.41, 5.74) is 0.891. The Morgan fingerprint density at radius 1 is 1.19 bits per heavy atom. The normalized spacial score (nSPS) is 16.9. The van der Waals surface area contributed by atoms with Gasteiger partial charge in [-0.15, -0.1) is 11.3 Å². The van der Waals surface area contributed by atoms with Crippen LogP contribution in [0.2, 0.25) is 5.02 Å². The molecule has 0 aromatic carbocycles. The topological polar surface area (TPSA) is 29.0 Å². The molecule has 0 amide bonds. The number of aromatic nitrogens is 2. The molecule has 1 fully saturated rings. The van der Waals surface area contributed by atoms with Crippen molar-refractivity contribution in [3.05, 3.63) is 16.7 Å². The minimum absolute atomic E-state index is 0.737. The van der Waals surface area contributed by atoms with Gasteiger partial charge < -0.3 is 4.90 Å². The van der Waals surface area contributed by atoms with Crippen molar-refractivity contribution in [3.63, 3.8) is 0 Å². The molecule has 3 heterocycles. The number of nitrogens with zero attached hydrogens (tertiary/aromatic N) is 3. The summed E-state index contributed by atoms with van der Waals surface area (Å²) in [4.78, 5) is 11.0. The highest BCUT2D eigenvalue weighted by Crippen LogP contribution is 2.34. The summed E-state index contributed by atoms with van der Waals surface area (Å²) in [5.74, 6) is 1.06. The molecule has 0 atom stereocenters. The molecule has 0 radical (unpaired) electrons. The fourth-order valence-electron chi connectivity index (χ4n) is 2.14. The lowest BCUT2D eigenvalue weighted by atomic mass is 10.1. The monoisotopic (exact) mass is 253 g/mol. The molecule has 1 saturated heterocycles. The van der Waals surface area contributed by atoms with Gasteiger partial charge in [0.15, 0.2) is 0 Å². The molecule has 3 nitrogen and oxygen atoms in total. The molecule has 1 aliphatic rings. The number of piperidine rings is 1. The zero-order valence-electron chi connectivity index (χ0n) is 8.82. The number of halogens is 1. The molecular formula is C11H12ClN3S.